The number of methoxy groups -OCH3 is 1. The van der Waals surface area contributed by atoms with Crippen LogP contribution in [0.15, 0.2) is 30.3 Å². The SMILES string of the molecule is COc1nc(-c2ccccc2)nc2c1CCC(C(=O)NCC(C)(C)C)CC2. The van der Waals surface area contributed by atoms with Crippen molar-refractivity contribution in [3.8, 4) is 17.3 Å². The largest absolute Gasteiger partial charge is 0.481 e. The van der Waals surface area contributed by atoms with E-state index in [1.165, 1.54) is 0 Å². The summed E-state index contributed by atoms with van der Waals surface area (Å²) in [6.07, 6.45) is 3.13. The van der Waals surface area contributed by atoms with Gasteiger partial charge in [0.25, 0.3) is 0 Å². The molecule has 144 valence electrons. The number of nitrogens with zero attached hydrogens (tertiary/aromatic N) is 2. The minimum atomic E-state index is 0.00596. The van der Waals surface area contributed by atoms with Crippen LogP contribution in [0, 0.1) is 11.3 Å². The fourth-order valence-corrected chi connectivity index (χ4v) is 3.38. The van der Waals surface area contributed by atoms with Gasteiger partial charge in [-0.25, -0.2) is 4.98 Å². The zero-order chi connectivity index (χ0) is 19.4. The molecule has 1 heterocycles. The molecule has 0 bridgehead atoms. The lowest BCUT2D eigenvalue weighted by molar-refractivity contribution is -0.125. The summed E-state index contributed by atoms with van der Waals surface area (Å²) in [5.41, 5.74) is 3.11. The molecule has 5 nitrogen and oxygen atoms in total. The molecular formula is C22H29N3O2. The average molecular weight is 367 g/mol. The van der Waals surface area contributed by atoms with Gasteiger partial charge in [0.05, 0.1) is 12.8 Å². The first kappa shape index (κ1) is 19.3. The van der Waals surface area contributed by atoms with Gasteiger partial charge in [-0.05, 0) is 31.1 Å². The maximum Gasteiger partial charge on any atom is 0.223 e. The van der Waals surface area contributed by atoms with Gasteiger partial charge in [0.15, 0.2) is 5.82 Å². The molecule has 3 rings (SSSR count). The van der Waals surface area contributed by atoms with Gasteiger partial charge >= 0.3 is 0 Å². The van der Waals surface area contributed by atoms with Crippen molar-refractivity contribution in [2.75, 3.05) is 13.7 Å². The Kier molecular flexibility index (Phi) is 5.78. The van der Waals surface area contributed by atoms with Gasteiger partial charge < -0.3 is 10.1 Å². The minimum Gasteiger partial charge on any atom is -0.481 e. The number of ether oxygens (including phenoxy) is 1. The van der Waals surface area contributed by atoms with Crippen LogP contribution in [-0.4, -0.2) is 29.5 Å². The van der Waals surface area contributed by atoms with Crippen LogP contribution in [0.2, 0.25) is 0 Å². The van der Waals surface area contributed by atoms with Crippen LogP contribution in [0.1, 0.15) is 44.9 Å². The molecule has 0 fully saturated rings. The fraction of sp³-hybridized carbons (Fsp3) is 0.500. The third kappa shape index (κ3) is 4.85. The Balaban J connectivity index is 1.79. The van der Waals surface area contributed by atoms with Crippen molar-refractivity contribution < 1.29 is 9.53 Å². The standard InChI is InChI=1S/C22H29N3O2/c1-22(2,3)14-23-20(26)16-10-12-17-18(13-11-16)24-19(25-21(17)27-4)15-8-6-5-7-9-15/h5-9,16H,10-14H2,1-4H3,(H,23,26). The highest BCUT2D eigenvalue weighted by atomic mass is 16.5. The van der Waals surface area contributed by atoms with Crippen molar-refractivity contribution >= 4 is 5.91 Å². The first-order valence-electron chi connectivity index (χ1n) is 9.64. The lowest BCUT2D eigenvalue weighted by Crippen LogP contribution is -2.36. The monoisotopic (exact) mass is 367 g/mol. The van der Waals surface area contributed by atoms with E-state index in [-0.39, 0.29) is 17.2 Å². The molecule has 0 saturated heterocycles. The molecule has 1 aliphatic carbocycles. The van der Waals surface area contributed by atoms with E-state index in [0.717, 1.165) is 42.5 Å². The number of carbonyl (C=O) groups is 1. The Bertz CT molecular complexity index is 797. The van der Waals surface area contributed by atoms with Gasteiger partial charge in [0.2, 0.25) is 11.8 Å². The third-order valence-electron chi connectivity index (χ3n) is 4.92. The van der Waals surface area contributed by atoms with Crippen molar-refractivity contribution in [3.63, 3.8) is 0 Å². The van der Waals surface area contributed by atoms with Crippen LogP contribution >= 0.6 is 0 Å². The molecule has 1 aliphatic rings. The number of nitrogens with one attached hydrogen (secondary N) is 1. The quantitative estimate of drug-likeness (QED) is 0.835. The molecule has 1 aromatic carbocycles. The second kappa shape index (κ2) is 8.07. The van der Waals surface area contributed by atoms with Crippen molar-refractivity contribution in [3.05, 3.63) is 41.6 Å². The number of aryl methyl sites for hydroxylation is 1. The molecule has 1 unspecified atom stereocenters. The highest BCUT2D eigenvalue weighted by Gasteiger charge is 2.27. The summed E-state index contributed by atoms with van der Waals surface area (Å²) >= 11 is 0. The topological polar surface area (TPSA) is 64.1 Å². The normalized spacial score (nSPS) is 17.0. The summed E-state index contributed by atoms with van der Waals surface area (Å²) in [6, 6.07) is 9.94. The number of rotatable bonds is 4. The van der Waals surface area contributed by atoms with Gasteiger partial charge in [-0.1, -0.05) is 51.1 Å². The molecule has 1 aromatic heterocycles. The van der Waals surface area contributed by atoms with E-state index in [4.69, 9.17) is 9.72 Å². The van der Waals surface area contributed by atoms with Crippen LogP contribution < -0.4 is 10.1 Å². The Morgan fingerprint density at radius 1 is 1.15 bits per heavy atom. The van der Waals surface area contributed by atoms with Gasteiger partial charge in [0, 0.05) is 23.6 Å². The lowest BCUT2D eigenvalue weighted by Gasteiger charge is -2.21. The zero-order valence-electron chi connectivity index (χ0n) is 16.7. The zero-order valence-corrected chi connectivity index (χ0v) is 16.7. The molecule has 5 heteroatoms. The number of aromatic nitrogens is 2. The van der Waals surface area contributed by atoms with Crippen molar-refractivity contribution in [1.29, 1.82) is 0 Å². The summed E-state index contributed by atoms with van der Waals surface area (Å²) in [5, 5.41) is 3.11. The number of fused-ring (bicyclic) bond motifs is 1. The minimum absolute atomic E-state index is 0.00596. The predicted molar refractivity (Wildman–Crippen MR) is 107 cm³/mol. The number of hydrogen-bond acceptors (Lipinski definition) is 4. The van der Waals surface area contributed by atoms with Gasteiger partial charge in [0.1, 0.15) is 0 Å². The third-order valence-corrected chi connectivity index (χ3v) is 4.92. The second-order valence-electron chi connectivity index (χ2n) is 8.40. The summed E-state index contributed by atoms with van der Waals surface area (Å²) < 4.78 is 5.57. The highest BCUT2D eigenvalue weighted by molar-refractivity contribution is 5.78. The molecule has 0 aliphatic heterocycles. The molecule has 1 atom stereocenters. The van der Waals surface area contributed by atoms with E-state index >= 15 is 0 Å². The average Bonchev–Trinajstić information content (AvgIpc) is 2.88. The predicted octanol–water partition coefficient (Wildman–Crippen LogP) is 3.81. The van der Waals surface area contributed by atoms with E-state index in [0.29, 0.717) is 18.2 Å². The molecular weight excluding hydrogens is 338 g/mol. The van der Waals surface area contributed by atoms with Gasteiger partial charge in [-0.15, -0.1) is 0 Å². The van der Waals surface area contributed by atoms with E-state index < -0.39 is 0 Å². The Morgan fingerprint density at radius 2 is 1.85 bits per heavy atom. The van der Waals surface area contributed by atoms with Crippen LogP contribution in [0.25, 0.3) is 11.4 Å². The maximum absolute atomic E-state index is 12.6. The van der Waals surface area contributed by atoms with Crippen molar-refractivity contribution in [2.45, 2.75) is 46.5 Å². The molecule has 0 radical (unpaired) electrons. The smallest absolute Gasteiger partial charge is 0.223 e. The maximum atomic E-state index is 12.6. The Morgan fingerprint density at radius 3 is 2.52 bits per heavy atom. The van der Waals surface area contributed by atoms with Crippen molar-refractivity contribution in [1.82, 2.24) is 15.3 Å². The molecule has 1 N–H and O–H groups in total. The van der Waals surface area contributed by atoms with E-state index in [9.17, 15) is 4.79 Å². The molecule has 2 aromatic rings. The first-order valence-corrected chi connectivity index (χ1v) is 9.64. The second-order valence-corrected chi connectivity index (χ2v) is 8.40. The van der Waals surface area contributed by atoms with Crippen LogP contribution in [0.4, 0.5) is 0 Å². The summed E-state index contributed by atoms with van der Waals surface area (Å²) in [5.74, 6) is 1.47. The summed E-state index contributed by atoms with van der Waals surface area (Å²) in [6.45, 7) is 7.07. The van der Waals surface area contributed by atoms with Gasteiger partial charge in [-0.3, -0.25) is 4.79 Å². The Hall–Kier alpha value is -2.43. The molecule has 1 amide bonds. The van der Waals surface area contributed by atoms with Crippen LogP contribution in [0.5, 0.6) is 5.88 Å². The molecule has 0 spiro atoms. The number of hydrogen-bond donors (Lipinski definition) is 1. The fourth-order valence-electron chi connectivity index (χ4n) is 3.38. The van der Waals surface area contributed by atoms with Gasteiger partial charge in [-0.2, -0.15) is 4.98 Å². The first-order chi connectivity index (χ1) is 12.9. The van der Waals surface area contributed by atoms with Crippen molar-refractivity contribution in [2.24, 2.45) is 11.3 Å². The number of amides is 1. The summed E-state index contributed by atoms with van der Waals surface area (Å²) in [4.78, 5) is 22.0. The van der Waals surface area contributed by atoms with Crippen LogP contribution in [0.3, 0.4) is 0 Å². The molecule has 27 heavy (non-hydrogen) atoms. The molecule has 0 saturated carbocycles. The Labute approximate surface area is 161 Å². The van der Waals surface area contributed by atoms with E-state index in [1.54, 1.807) is 7.11 Å². The number of benzene rings is 1. The lowest BCUT2D eigenvalue weighted by atomic mass is 9.95. The summed E-state index contributed by atoms with van der Waals surface area (Å²) in [7, 11) is 1.65. The van der Waals surface area contributed by atoms with E-state index in [2.05, 4.69) is 31.1 Å². The number of carbonyl (C=O) groups excluding carboxylic acids is 1. The van der Waals surface area contributed by atoms with Crippen LogP contribution in [-0.2, 0) is 17.6 Å². The highest BCUT2D eigenvalue weighted by Crippen LogP contribution is 2.31. The van der Waals surface area contributed by atoms with E-state index in [1.807, 2.05) is 30.3 Å².